The summed E-state index contributed by atoms with van der Waals surface area (Å²) in [7, 11) is 0. The Balaban J connectivity index is 2.81. The molecule has 1 heteroatoms. The van der Waals surface area contributed by atoms with E-state index in [-0.39, 0.29) is 5.82 Å². The SMILES string of the molecule is C/C=C\CCc1cc(C)c(C)cc1F. The molecule has 0 bridgehead atoms. The van der Waals surface area contributed by atoms with E-state index in [1.807, 2.05) is 32.9 Å². The van der Waals surface area contributed by atoms with Gasteiger partial charge in [0.1, 0.15) is 5.82 Å². The van der Waals surface area contributed by atoms with Gasteiger partial charge in [-0.2, -0.15) is 0 Å². The summed E-state index contributed by atoms with van der Waals surface area (Å²) in [6.45, 7) is 5.94. The summed E-state index contributed by atoms with van der Waals surface area (Å²) < 4.78 is 13.4. The third kappa shape index (κ3) is 2.69. The fourth-order valence-electron chi connectivity index (χ4n) is 1.44. The van der Waals surface area contributed by atoms with Gasteiger partial charge in [0.15, 0.2) is 0 Å². The van der Waals surface area contributed by atoms with Crippen molar-refractivity contribution in [2.45, 2.75) is 33.6 Å². The van der Waals surface area contributed by atoms with Gasteiger partial charge < -0.3 is 0 Å². The van der Waals surface area contributed by atoms with Crippen LogP contribution in [0.1, 0.15) is 30.0 Å². The van der Waals surface area contributed by atoms with Gasteiger partial charge >= 0.3 is 0 Å². The Labute approximate surface area is 85.5 Å². The van der Waals surface area contributed by atoms with Crippen molar-refractivity contribution >= 4 is 0 Å². The van der Waals surface area contributed by atoms with Crippen molar-refractivity contribution in [1.82, 2.24) is 0 Å². The van der Waals surface area contributed by atoms with Crippen molar-refractivity contribution in [3.63, 3.8) is 0 Å². The van der Waals surface area contributed by atoms with Crippen LogP contribution >= 0.6 is 0 Å². The molecule has 0 unspecified atom stereocenters. The van der Waals surface area contributed by atoms with Crippen LogP contribution in [-0.2, 0) is 6.42 Å². The smallest absolute Gasteiger partial charge is 0.126 e. The molecule has 0 amide bonds. The molecule has 0 atom stereocenters. The standard InChI is InChI=1S/C13H17F/c1-4-5-6-7-12-8-10(2)11(3)9-13(12)14/h4-5,8-9H,6-7H2,1-3H3/b5-4-. The van der Waals surface area contributed by atoms with Crippen molar-refractivity contribution in [1.29, 1.82) is 0 Å². The molecule has 0 spiro atoms. The molecule has 0 saturated heterocycles. The second-order valence-corrected chi connectivity index (χ2v) is 3.64. The molecule has 0 aliphatic carbocycles. The zero-order valence-corrected chi connectivity index (χ0v) is 9.10. The van der Waals surface area contributed by atoms with E-state index >= 15 is 0 Å². The topological polar surface area (TPSA) is 0 Å². The van der Waals surface area contributed by atoms with E-state index in [4.69, 9.17) is 0 Å². The van der Waals surface area contributed by atoms with Gasteiger partial charge in [-0.3, -0.25) is 0 Å². The zero-order valence-electron chi connectivity index (χ0n) is 9.10. The molecular formula is C13H17F. The predicted molar refractivity (Wildman–Crippen MR) is 59.0 cm³/mol. The molecule has 0 aliphatic rings. The average Bonchev–Trinajstić information content (AvgIpc) is 2.14. The number of aryl methyl sites for hydroxylation is 3. The zero-order chi connectivity index (χ0) is 10.6. The highest BCUT2D eigenvalue weighted by Gasteiger charge is 2.03. The van der Waals surface area contributed by atoms with Crippen LogP contribution in [0.25, 0.3) is 0 Å². The lowest BCUT2D eigenvalue weighted by Gasteiger charge is -2.05. The summed E-state index contributed by atoms with van der Waals surface area (Å²) in [5.41, 5.74) is 3.02. The molecule has 0 saturated carbocycles. The molecule has 0 heterocycles. The second-order valence-electron chi connectivity index (χ2n) is 3.64. The van der Waals surface area contributed by atoms with E-state index in [1.54, 1.807) is 6.07 Å². The van der Waals surface area contributed by atoms with Crippen LogP contribution in [0.3, 0.4) is 0 Å². The third-order valence-electron chi connectivity index (χ3n) is 2.48. The lowest BCUT2D eigenvalue weighted by atomic mass is 10.0. The van der Waals surface area contributed by atoms with Gasteiger partial charge in [0.05, 0.1) is 0 Å². The molecule has 14 heavy (non-hydrogen) atoms. The number of benzene rings is 1. The molecule has 1 aromatic carbocycles. The highest BCUT2D eigenvalue weighted by molar-refractivity contribution is 5.31. The normalized spacial score (nSPS) is 11.1. The monoisotopic (exact) mass is 192 g/mol. The molecule has 0 aliphatic heterocycles. The molecule has 0 nitrogen and oxygen atoms in total. The lowest BCUT2D eigenvalue weighted by molar-refractivity contribution is 0.607. The van der Waals surface area contributed by atoms with E-state index < -0.39 is 0 Å². The van der Waals surface area contributed by atoms with Crippen LogP contribution in [0.4, 0.5) is 4.39 Å². The molecule has 0 N–H and O–H groups in total. The van der Waals surface area contributed by atoms with Gasteiger partial charge in [0, 0.05) is 0 Å². The fraction of sp³-hybridized carbons (Fsp3) is 0.385. The summed E-state index contributed by atoms with van der Waals surface area (Å²) in [4.78, 5) is 0. The van der Waals surface area contributed by atoms with E-state index in [2.05, 4.69) is 6.08 Å². The van der Waals surface area contributed by atoms with Gasteiger partial charge in [-0.25, -0.2) is 4.39 Å². The Morgan fingerprint density at radius 3 is 2.50 bits per heavy atom. The number of hydrogen-bond acceptors (Lipinski definition) is 0. The highest BCUT2D eigenvalue weighted by Crippen LogP contribution is 2.16. The Kier molecular flexibility index (Phi) is 3.87. The minimum absolute atomic E-state index is 0.0717. The molecule has 0 aromatic heterocycles. The molecule has 76 valence electrons. The van der Waals surface area contributed by atoms with Crippen molar-refractivity contribution in [2.24, 2.45) is 0 Å². The fourth-order valence-corrected chi connectivity index (χ4v) is 1.44. The number of hydrogen-bond donors (Lipinski definition) is 0. The van der Waals surface area contributed by atoms with Gasteiger partial charge in [0.25, 0.3) is 0 Å². The van der Waals surface area contributed by atoms with E-state index in [1.165, 1.54) is 5.56 Å². The Hall–Kier alpha value is -1.11. The summed E-state index contributed by atoms with van der Waals surface area (Å²) >= 11 is 0. The molecule has 1 aromatic rings. The number of allylic oxidation sites excluding steroid dienone is 2. The van der Waals surface area contributed by atoms with Crippen LogP contribution in [0, 0.1) is 19.7 Å². The summed E-state index contributed by atoms with van der Waals surface area (Å²) in [6, 6.07) is 3.58. The van der Waals surface area contributed by atoms with Crippen molar-refractivity contribution in [2.75, 3.05) is 0 Å². The maximum Gasteiger partial charge on any atom is 0.126 e. The van der Waals surface area contributed by atoms with E-state index in [9.17, 15) is 4.39 Å². The molecule has 0 fully saturated rings. The van der Waals surface area contributed by atoms with Gasteiger partial charge in [-0.05, 0) is 56.4 Å². The Morgan fingerprint density at radius 1 is 1.21 bits per heavy atom. The van der Waals surface area contributed by atoms with Gasteiger partial charge in [0.2, 0.25) is 0 Å². The first-order valence-corrected chi connectivity index (χ1v) is 5.02. The van der Waals surface area contributed by atoms with Crippen LogP contribution in [-0.4, -0.2) is 0 Å². The minimum Gasteiger partial charge on any atom is -0.207 e. The van der Waals surface area contributed by atoms with Gasteiger partial charge in [-0.1, -0.05) is 18.2 Å². The van der Waals surface area contributed by atoms with Crippen LogP contribution in [0.5, 0.6) is 0 Å². The Morgan fingerprint density at radius 2 is 1.86 bits per heavy atom. The molecule has 1 rings (SSSR count). The maximum atomic E-state index is 13.4. The van der Waals surface area contributed by atoms with Crippen molar-refractivity contribution < 1.29 is 4.39 Å². The van der Waals surface area contributed by atoms with Crippen molar-refractivity contribution in [3.05, 3.63) is 46.8 Å². The van der Waals surface area contributed by atoms with Crippen LogP contribution in [0.15, 0.2) is 24.3 Å². The highest BCUT2D eigenvalue weighted by atomic mass is 19.1. The first-order chi connectivity index (χ1) is 6.65. The number of rotatable bonds is 3. The first-order valence-electron chi connectivity index (χ1n) is 5.02. The summed E-state index contributed by atoms with van der Waals surface area (Å²) in [5, 5.41) is 0. The quantitative estimate of drug-likeness (QED) is 0.636. The van der Waals surface area contributed by atoms with Gasteiger partial charge in [-0.15, -0.1) is 0 Å². The van der Waals surface area contributed by atoms with Crippen LogP contribution in [0.2, 0.25) is 0 Å². The largest absolute Gasteiger partial charge is 0.207 e. The summed E-state index contributed by atoms with van der Waals surface area (Å²) in [6.07, 6.45) is 5.76. The lowest BCUT2D eigenvalue weighted by Crippen LogP contribution is -1.93. The maximum absolute atomic E-state index is 13.4. The molecular weight excluding hydrogens is 175 g/mol. The van der Waals surface area contributed by atoms with E-state index in [0.29, 0.717) is 0 Å². The first kappa shape index (κ1) is 11.0. The minimum atomic E-state index is -0.0717. The van der Waals surface area contributed by atoms with E-state index in [0.717, 1.165) is 24.0 Å². The Bertz CT molecular complexity index is 337. The predicted octanol–water partition coefficient (Wildman–Crippen LogP) is 3.95. The van der Waals surface area contributed by atoms with Crippen molar-refractivity contribution in [3.8, 4) is 0 Å². The molecule has 0 radical (unpaired) electrons. The summed E-state index contributed by atoms with van der Waals surface area (Å²) in [5.74, 6) is -0.0717. The second kappa shape index (κ2) is 4.94. The number of halogens is 1. The van der Waals surface area contributed by atoms with Crippen LogP contribution < -0.4 is 0 Å². The third-order valence-corrected chi connectivity index (χ3v) is 2.48. The average molecular weight is 192 g/mol.